The maximum absolute atomic E-state index is 6.90. The number of benzene rings is 3. The average Bonchev–Trinajstić information content (AvgIpc) is 3.59. The maximum atomic E-state index is 6.90. The van der Waals surface area contributed by atoms with E-state index in [4.69, 9.17) is 21.1 Å². The lowest BCUT2D eigenvalue weighted by molar-refractivity contribution is -0.0668. The van der Waals surface area contributed by atoms with Gasteiger partial charge in [0.25, 0.3) is 0 Å². The Bertz CT molecular complexity index is 1390. The van der Waals surface area contributed by atoms with Crippen LogP contribution in [0.1, 0.15) is 22.9 Å². The molecule has 0 aliphatic carbocycles. The van der Waals surface area contributed by atoms with Gasteiger partial charge >= 0.3 is 0 Å². The maximum Gasteiger partial charge on any atom is 0.167 e. The highest BCUT2D eigenvalue weighted by atomic mass is 35.5. The second-order valence-electron chi connectivity index (χ2n) is 8.53. The van der Waals surface area contributed by atoms with Crippen LogP contribution in [0.2, 0.25) is 5.15 Å². The summed E-state index contributed by atoms with van der Waals surface area (Å²) in [4.78, 5) is 12.7. The molecular formula is C29H23ClN4O2. The van der Waals surface area contributed by atoms with Gasteiger partial charge in [0, 0.05) is 0 Å². The summed E-state index contributed by atoms with van der Waals surface area (Å²) >= 11 is 6.17. The molecule has 5 aromatic rings. The smallest absolute Gasteiger partial charge is 0.167 e. The van der Waals surface area contributed by atoms with Gasteiger partial charge in [0.2, 0.25) is 0 Å². The van der Waals surface area contributed by atoms with Crippen LogP contribution in [-0.4, -0.2) is 32.2 Å². The van der Waals surface area contributed by atoms with Crippen molar-refractivity contribution in [2.45, 2.75) is 17.9 Å². The summed E-state index contributed by atoms with van der Waals surface area (Å²) in [5, 5.41) is 0.318. The van der Waals surface area contributed by atoms with Gasteiger partial charge in [-0.15, -0.1) is 0 Å². The topological polar surface area (TPSA) is 62.1 Å². The molecular weight excluding hydrogens is 472 g/mol. The summed E-state index contributed by atoms with van der Waals surface area (Å²) in [5.41, 5.74) is 3.51. The molecule has 0 radical (unpaired) electrons. The molecule has 1 aliphatic rings. The molecule has 1 aliphatic heterocycles. The number of imidazole rings is 1. The molecule has 2 atom stereocenters. The largest absolute Gasteiger partial charge is 0.358 e. The summed E-state index contributed by atoms with van der Waals surface area (Å²) in [6.07, 6.45) is 6.47. The third-order valence-corrected chi connectivity index (χ3v) is 6.67. The molecule has 3 aromatic carbocycles. The third-order valence-electron chi connectivity index (χ3n) is 6.40. The molecule has 6 rings (SSSR count). The molecule has 0 N–H and O–H groups in total. The minimum atomic E-state index is -0.804. The van der Waals surface area contributed by atoms with Crippen LogP contribution in [0.25, 0.3) is 11.2 Å². The van der Waals surface area contributed by atoms with E-state index in [1.54, 1.807) is 6.33 Å². The van der Waals surface area contributed by atoms with Crippen molar-refractivity contribution in [3.05, 3.63) is 138 Å². The number of fused-ring (bicyclic) bond motifs is 1. The highest BCUT2D eigenvalue weighted by molar-refractivity contribution is 6.33. The van der Waals surface area contributed by atoms with Gasteiger partial charge in [0.1, 0.15) is 23.5 Å². The van der Waals surface area contributed by atoms with Crippen molar-refractivity contribution in [2.24, 2.45) is 0 Å². The second kappa shape index (κ2) is 9.66. The molecule has 36 heavy (non-hydrogen) atoms. The first-order valence-electron chi connectivity index (χ1n) is 11.7. The van der Waals surface area contributed by atoms with Gasteiger partial charge in [-0.2, -0.15) is 0 Å². The molecule has 0 bridgehead atoms. The summed E-state index contributed by atoms with van der Waals surface area (Å²) in [5.74, 6) is 0. The fourth-order valence-corrected chi connectivity index (χ4v) is 4.90. The van der Waals surface area contributed by atoms with Gasteiger partial charge in [-0.1, -0.05) is 109 Å². The monoisotopic (exact) mass is 494 g/mol. The van der Waals surface area contributed by atoms with E-state index in [2.05, 4.69) is 51.4 Å². The Labute approximate surface area is 213 Å². The van der Waals surface area contributed by atoms with Crippen LogP contribution in [0, 0.1) is 0 Å². The molecule has 7 heteroatoms. The standard InChI is InChI=1S/C29H23ClN4O2/c30-27-26-28(32-19-31-27)34(20-33-26)25-17-16-24(36-25)18-35-29(21-10-4-1-5-11-21,22-12-6-2-7-13-22)23-14-8-3-9-15-23/h1-17,19-20,24-25H,18H2/t24-,25+/m0/s1. The summed E-state index contributed by atoms with van der Waals surface area (Å²) < 4.78 is 15.1. The zero-order chi connectivity index (χ0) is 24.4. The number of halogens is 1. The van der Waals surface area contributed by atoms with Crippen LogP contribution in [0.5, 0.6) is 0 Å². The van der Waals surface area contributed by atoms with Gasteiger partial charge < -0.3 is 9.47 Å². The highest BCUT2D eigenvalue weighted by Crippen LogP contribution is 2.41. The van der Waals surface area contributed by atoms with Crippen molar-refractivity contribution < 1.29 is 9.47 Å². The van der Waals surface area contributed by atoms with Crippen molar-refractivity contribution >= 4 is 22.8 Å². The van der Waals surface area contributed by atoms with E-state index in [0.29, 0.717) is 22.9 Å². The number of hydrogen-bond donors (Lipinski definition) is 0. The Morgan fingerprint density at radius 1 is 0.778 bits per heavy atom. The van der Waals surface area contributed by atoms with E-state index in [-0.39, 0.29) is 12.3 Å². The molecule has 0 fully saturated rings. The van der Waals surface area contributed by atoms with Crippen molar-refractivity contribution in [1.82, 2.24) is 19.5 Å². The number of ether oxygens (including phenoxy) is 2. The van der Waals surface area contributed by atoms with Gasteiger partial charge in [-0.05, 0) is 22.8 Å². The molecule has 2 aromatic heterocycles. The molecule has 0 saturated heterocycles. The number of aromatic nitrogens is 4. The predicted molar refractivity (Wildman–Crippen MR) is 139 cm³/mol. The fourth-order valence-electron chi connectivity index (χ4n) is 4.73. The van der Waals surface area contributed by atoms with Gasteiger partial charge in [0.05, 0.1) is 12.9 Å². The molecule has 178 valence electrons. The first-order valence-corrected chi connectivity index (χ1v) is 12.1. The lowest BCUT2D eigenvalue weighted by atomic mass is 9.80. The summed E-state index contributed by atoms with van der Waals surface area (Å²) in [6.45, 7) is 0.341. The van der Waals surface area contributed by atoms with E-state index in [1.165, 1.54) is 6.33 Å². The van der Waals surface area contributed by atoms with Crippen molar-refractivity contribution in [1.29, 1.82) is 0 Å². The van der Waals surface area contributed by atoms with Crippen LogP contribution < -0.4 is 0 Å². The molecule has 3 heterocycles. The molecule has 0 amide bonds. The van der Waals surface area contributed by atoms with Crippen LogP contribution in [0.3, 0.4) is 0 Å². The van der Waals surface area contributed by atoms with E-state index >= 15 is 0 Å². The van der Waals surface area contributed by atoms with Gasteiger partial charge in [-0.25, -0.2) is 15.0 Å². The Morgan fingerprint density at radius 3 is 1.94 bits per heavy atom. The number of rotatable bonds is 7. The van der Waals surface area contributed by atoms with E-state index in [1.807, 2.05) is 71.3 Å². The molecule has 0 spiro atoms. The first-order chi connectivity index (χ1) is 17.8. The van der Waals surface area contributed by atoms with Crippen LogP contribution in [-0.2, 0) is 15.1 Å². The first kappa shape index (κ1) is 22.6. The minimum Gasteiger partial charge on any atom is -0.358 e. The average molecular weight is 495 g/mol. The summed E-state index contributed by atoms with van der Waals surface area (Å²) in [6, 6.07) is 30.9. The highest BCUT2D eigenvalue weighted by Gasteiger charge is 2.38. The van der Waals surface area contributed by atoms with E-state index < -0.39 is 5.60 Å². The SMILES string of the molecule is Clc1ncnc2c1ncn2[C@H]1C=C[C@@H](COC(c2ccccc2)(c2ccccc2)c2ccccc2)O1. The zero-order valence-electron chi connectivity index (χ0n) is 19.3. The number of hydrogen-bond acceptors (Lipinski definition) is 5. The molecule has 0 unspecified atom stereocenters. The van der Waals surface area contributed by atoms with Crippen LogP contribution in [0.4, 0.5) is 0 Å². The van der Waals surface area contributed by atoms with Gasteiger partial charge in [-0.3, -0.25) is 4.57 Å². The molecule has 6 nitrogen and oxygen atoms in total. The lowest BCUT2D eigenvalue weighted by Gasteiger charge is -2.36. The third kappa shape index (κ3) is 3.99. The second-order valence-corrected chi connectivity index (χ2v) is 8.89. The fraction of sp³-hybridized carbons (Fsp3) is 0.138. The Balaban J connectivity index is 1.32. The Hall–Kier alpha value is -3.84. The van der Waals surface area contributed by atoms with Crippen molar-refractivity contribution in [2.75, 3.05) is 6.61 Å². The van der Waals surface area contributed by atoms with Crippen molar-refractivity contribution in [3.63, 3.8) is 0 Å². The normalized spacial score (nSPS) is 17.6. The molecule has 0 saturated carbocycles. The van der Waals surface area contributed by atoms with E-state index in [0.717, 1.165) is 16.7 Å². The summed E-state index contributed by atoms with van der Waals surface area (Å²) in [7, 11) is 0. The lowest BCUT2D eigenvalue weighted by Crippen LogP contribution is -2.35. The Kier molecular flexibility index (Phi) is 6.07. The van der Waals surface area contributed by atoms with Crippen LogP contribution >= 0.6 is 11.6 Å². The van der Waals surface area contributed by atoms with Crippen LogP contribution in [0.15, 0.2) is 116 Å². The van der Waals surface area contributed by atoms with Crippen molar-refractivity contribution in [3.8, 4) is 0 Å². The quantitative estimate of drug-likeness (QED) is 0.159. The zero-order valence-corrected chi connectivity index (χ0v) is 20.1. The van der Waals surface area contributed by atoms with Gasteiger partial charge in [0.15, 0.2) is 17.0 Å². The van der Waals surface area contributed by atoms with E-state index in [9.17, 15) is 0 Å². The number of nitrogens with zero attached hydrogens (tertiary/aromatic N) is 4. The minimum absolute atomic E-state index is 0.264. The predicted octanol–water partition coefficient (Wildman–Crippen LogP) is 5.94. The Morgan fingerprint density at radius 2 is 1.36 bits per heavy atom.